The first-order valence-electron chi connectivity index (χ1n) is 6.60. The van der Waals surface area contributed by atoms with E-state index < -0.39 is 0 Å². The largest absolute Gasteiger partial charge is 0.489 e. The summed E-state index contributed by atoms with van der Waals surface area (Å²) < 4.78 is 6.12. The maximum Gasteiger partial charge on any atom is 0.133 e. The monoisotopic (exact) mass is 279 g/mol. The molecule has 0 radical (unpaired) electrons. The van der Waals surface area contributed by atoms with Crippen molar-refractivity contribution in [2.45, 2.75) is 32.8 Å². The Morgan fingerprint density at radius 3 is 2.63 bits per heavy atom. The van der Waals surface area contributed by atoms with Crippen LogP contribution >= 0.6 is 12.2 Å². The third-order valence-electron chi connectivity index (χ3n) is 3.50. The maximum atomic E-state index is 6.12. The molecule has 1 fully saturated rings. The van der Waals surface area contributed by atoms with Gasteiger partial charge in [-0.25, -0.2) is 0 Å². The van der Waals surface area contributed by atoms with Gasteiger partial charge in [0.2, 0.25) is 0 Å². The molecule has 5 heteroatoms. The van der Waals surface area contributed by atoms with Crippen LogP contribution in [0.2, 0.25) is 0 Å². The molecule has 0 saturated carbocycles. The Labute approximate surface area is 120 Å². The van der Waals surface area contributed by atoms with Crippen LogP contribution in [0.5, 0.6) is 5.75 Å². The molecular formula is C14H21N3OS. The number of pyridine rings is 1. The summed E-state index contributed by atoms with van der Waals surface area (Å²) in [7, 11) is 2.14. The topological polar surface area (TPSA) is 51.4 Å². The van der Waals surface area contributed by atoms with Crippen molar-refractivity contribution in [1.29, 1.82) is 0 Å². The Morgan fingerprint density at radius 1 is 1.42 bits per heavy atom. The van der Waals surface area contributed by atoms with Crippen LogP contribution in [0.4, 0.5) is 0 Å². The van der Waals surface area contributed by atoms with E-state index in [0.29, 0.717) is 4.99 Å². The predicted molar refractivity (Wildman–Crippen MR) is 80.7 cm³/mol. The molecule has 0 aliphatic carbocycles. The number of hydrogen-bond acceptors (Lipinski definition) is 4. The standard InChI is InChI=1S/C14H21N3OS/c1-9-8-12(13(14(15)19)10(2)16-9)18-11-4-6-17(3)7-5-11/h8,11H,4-7H2,1-3H3,(H2,15,19). The zero-order valence-corrected chi connectivity index (χ0v) is 12.6. The molecular weight excluding hydrogens is 258 g/mol. The molecule has 0 spiro atoms. The van der Waals surface area contributed by atoms with Crippen LogP contribution in [-0.2, 0) is 0 Å². The van der Waals surface area contributed by atoms with E-state index in [-0.39, 0.29) is 6.10 Å². The third kappa shape index (κ3) is 3.42. The summed E-state index contributed by atoms with van der Waals surface area (Å²) in [5.41, 5.74) is 8.35. The SMILES string of the molecule is Cc1cc(OC2CCN(C)CC2)c(C(N)=S)c(C)n1. The third-order valence-corrected chi connectivity index (χ3v) is 3.70. The van der Waals surface area contributed by atoms with E-state index in [2.05, 4.69) is 16.9 Å². The van der Waals surface area contributed by atoms with Gasteiger partial charge in [-0.05, 0) is 33.7 Å². The summed E-state index contributed by atoms with van der Waals surface area (Å²) >= 11 is 5.12. The van der Waals surface area contributed by atoms with E-state index >= 15 is 0 Å². The number of aryl methyl sites for hydroxylation is 2. The van der Waals surface area contributed by atoms with E-state index in [1.807, 2.05) is 19.9 Å². The zero-order valence-electron chi connectivity index (χ0n) is 11.8. The molecule has 2 heterocycles. The molecule has 104 valence electrons. The van der Waals surface area contributed by atoms with Gasteiger partial charge in [-0.1, -0.05) is 12.2 Å². The number of hydrogen-bond donors (Lipinski definition) is 1. The fourth-order valence-electron chi connectivity index (χ4n) is 2.47. The highest BCUT2D eigenvalue weighted by molar-refractivity contribution is 7.80. The average molecular weight is 279 g/mol. The van der Waals surface area contributed by atoms with Gasteiger partial charge in [-0.2, -0.15) is 0 Å². The number of piperidine rings is 1. The zero-order chi connectivity index (χ0) is 14.0. The first-order chi connectivity index (χ1) is 8.97. The lowest BCUT2D eigenvalue weighted by Crippen LogP contribution is -2.36. The second kappa shape index (κ2) is 5.84. The number of nitrogens with zero attached hydrogens (tertiary/aromatic N) is 2. The Balaban J connectivity index is 2.21. The van der Waals surface area contributed by atoms with E-state index in [9.17, 15) is 0 Å². The van der Waals surface area contributed by atoms with Gasteiger partial charge in [0, 0.05) is 24.8 Å². The minimum absolute atomic E-state index is 0.241. The summed E-state index contributed by atoms with van der Waals surface area (Å²) in [5.74, 6) is 0.784. The molecule has 0 unspecified atom stereocenters. The summed E-state index contributed by atoms with van der Waals surface area (Å²) in [6.45, 7) is 6.01. The van der Waals surface area contributed by atoms with Crippen molar-refractivity contribution < 1.29 is 4.74 Å². The molecule has 1 aliphatic heterocycles. The Bertz CT molecular complexity index is 482. The summed E-state index contributed by atoms with van der Waals surface area (Å²) in [6.07, 6.45) is 2.31. The van der Waals surface area contributed by atoms with E-state index in [4.69, 9.17) is 22.7 Å². The molecule has 2 N–H and O–H groups in total. The van der Waals surface area contributed by atoms with Crippen molar-refractivity contribution in [3.05, 3.63) is 23.0 Å². The highest BCUT2D eigenvalue weighted by atomic mass is 32.1. The van der Waals surface area contributed by atoms with Crippen molar-refractivity contribution in [2.24, 2.45) is 5.73 Å². The van der Waals surface area contributed by atoms with Crippen LogP contribution in [-0.4, -0.2) is 41.1 Å². The van der Waals surface area contributed by atoms with Crippen molar-refractivity contribution >= 4 is 17.2 Å². The van der Waals surface area contributed by atoms with Gasteiger partial charge in [0.1, 0.15) is 16.8 Å². The van der Waals surface area contributed by atoms with Crippen molar-refractivity contribution in [3.63, 3.8) is 0 Å². The number of ether oxygens (including phenoxy) is 1. The van der Waals surface area contributed by atoms with Gasteiger partial charge in [0.05, 0.1) is 11.3 Å². The molecule has 0 aromatic carbocycles. The fourth-order valence-corrected chi connectivity index (χ4v) is 2.72. The molecule has 0 amide bonds. The number of aromatic nitrogens is 1. The second-order valence-corrected chi connectivity index (χ2v) is 5.65. The highest BCUT2D eigenvalue weighted by Crippen LogP contribution is 2.25. The van der Waals surface area contributed by atoms with Crippen LogP contribution < -0.4 is 10.5 Å². The first-order valence-corrected chi connectivity index (χ1v) is 7.01. The van der Waals surface area contributed by atoms with Crippen molar-refractivity contribution in [1.82, 2.24) is 9.88 Å². The summed E-state index contributed by atoms with van der Waals surface area (Å²) in [5, 5.41) is 0. The second-order valence-electron chi connectivity index (χ2n) is 5.21. The molecule has 0 bridgehead atoms. The molecule has 4 nitrogen and oxygen atoms in total. The van der Waals surface area contributed by atoms with Gasteiger partial charge in [-0.3, -0.25) is 4.98 Å². The van der Waals surface area contributed by atoms with Crippen LogP contribution in [0, 0.1) is 13.8 Å². The van der Waals surface area contributed by atoms with Crippen LogP contribution in [0.15, 0.2) is 6.07 Å². The number of rotatable bonds is 3. The van der Waals surface area contributed by atoms with E-state index in [0.717, 1.165) is 48.6 Å². The smallest absolute Gasteiger partial charge is 0.133 e. The van der Waals surface area contributed by atoms with Crippen LogP contribution in [0.25, 0.3) is 0 Å². The maximum absolute atomic E-state index is 6.12. The Hall–Kier alpha value is -1.20. The fraction of sp³-hybridized carbons (Fsp3) is 0.571. The van der Waals surface area contributed by atoms with Gasteiger partial charge >= 0.3 is 0 Å². The van der Waals surface area contributed by atoms with Crippen LogP contribution in [0.3, 0.4) is 0 Å². The average Bonchev–Trinajstić information content (AvgIpc) is 2.30. The van der Waals surface area contributed by atoms with Crippen molar-refractivity contribution in [3.8, 4) is 5.75 Å². The van der Waals surface area contributed by atoms with Gasteiger partial charge in [0.25, 0.3) is 0 Å². The quantitative estimate of drug-likeness (QED) is 0.855. The lowest BCUT2D eigenvalue weighted by Gasteiger charge is -2.30. The molecule has 19 heavy (non-hydrogen) atoms. The minimum atomic E-state index is 0.241. The first kappa shape index (κ1) is 14.2. The lowest BCUT2D eigenvalue weighted by atomic mass is 10.1. The number of nitrogens with two attached hydrogens (primary N) is 1. The minimum Gasteiger partial charge on any atom is -0.489 e. The molecule has 1 aromatic rings. The van der Waals surface area contributed by atoms with E-state index in [1.54, 1.807) is 0 Å². The van der Waals surface area contributed by atoms with E-state index in [1.165, 1.54) is 0 Å². The highest BCUT2D eigenvalue weighted by Gasteiger charge is 2.21. The van der Waals surface area contributed by atoms with Crippen molar-refractivity contribution in [2.75, 3.05) is 20.1 Å². The Morgan fingerprint density at radius 2 is 2.05 bits per heavy atom. The van der Waals surface area contributed by atoms with Gasteiger partial charge in [0.15, 0.2) is 0 Å². The lowest BCUT2D eigenvalue weighted by molar-refractivity contribution is 0.114. The number of likely N-dealkylation sites (tertiary alicyclic amines) is 1. The van der Waals surface area contributed by atoms with Gasteiger partial charge < -0.3 is 15.4 Å². The van der Waals surface area contributed by atoms with Crippen LogP contribution in [0.1, 0.15) is 29.8 Å². The Kier molecular flexibility index (Phi) is 4.37. The normalized spacial score (nSPS) is 17.4. The molecule has 1 saturated heterocycles. The van der Waals surface area contributed by atoms with Gasteiger partial charge in [-0.15, -0.1) is 0 Å². The number of thiocarbonyl (C=S) groups is 1. The molecule has 0 atom stereocenters. The molecule has 1 aromatic heterocycles. The molecule has 2 rings (SSSR count). The summed E-state index contributed by atoms with van der Waals surface area (Å²) in [4.78, 5) is 7.08. The predicted octanol–water partition coefficient (Wildman–Crippen LogP) is 1.81. The summed E-state index contributed by atoms with van der Waals surface area (Å²) in [6, 6.07) is 1.93. The molecule has 1 aliphatic rings.